The van der Waals surface area contributed by atoms with E-state index in [-0.39, 0.29) is 56.2 Å². The first kappa shape index (κ1) is 53.3. The highest BCUT2D eigenvalue weighted by Gasteiger charge is 2.30. The van der Waals surface area contributed by atoms with Crippen molar-refractivity contribution in [2.45, 2.75) is 97.5 Å². The number of amides is 8. The molecule has 2 aromatic carbocycles. The summed E-state index contributed by atoms with van der Waals surface area (Å²) in [6, 6.07) is 19.9. The fourth-order valence-corrected chi connectivity index (χ4v) is 8.91. The minimum Gasteiger partial charge on any atom is -0.445 e. The number of urea groups is 1. The lowest BCUT2D eigenvalue weighted by Gasteiger charge is -2.28. The predicted octanol–water partition coefficient (Wildman–Crippen LogP) is 5.29. The number of pyridine rings is 2. The summed E-state index contributed by atoms with van der Waals surface area (Å²) in [6.45, 7) is 7.15. The first-order valence-corrected chi connectivity index (χ1v) is 25.3. The molecule has 0 bridgehead atoms. The molecule has 0 spiro atoms. The Morgan fingerprint density at radius 1 is 0.855 bits per heavy atom. The van der Waals surface area contributed by atoms with Crippen molar-refractivity contribution in [2.24, 2.45) is 11.7 Å². The van der Waals surface area contributed by atoms with Crippen LogP contribution in [0.1, 0.15) is 80.6 Å². The molecule has 2 aliphatic heterocycles. The van der Waals surface area contributed by atoms with Crippen LogP contribution >= 0.6 is 0 Å². The topological polar surface area (TPSA) is 293 Å². The number of primary amides is 1. The molecule has 2 aliphatic rings. The molecule has 0 fully saturated rings. The first-order chi connectivity index (χ1) is 36.7. The van der Waals surface area contributed by atoms with Gasteiger partial charge in [-0.05, 0) is 110 Å². The Balaban J connectivity index is 0.818. The molecule has 22 heteroatoms. The number of nitrogens with two attached hydrogens (primary N) is 1. The number of hydrogen-bond acceptors (Lipinski definition) is 13. The van der Waals surface area contributed by atoms with Crippen molar-refractivity contribution in [3.8, 4) is 22.6 Å². The molecule has 0 radical (unpaired) electrons. The van der Waals surface area contributed by atoms with Gasteiger partial charge in [0.05, 0.1) is 17.9 Å². The minimum atomic E-state index is -1.04. The number of unbranched alkanes of at least 4 members (excludes halogenated alkanes) is 2. The average molecular weight is 1040 g/mol. The number of anilines is 2. The molecule has 22 nitrogen and oxygen atoms in total. The Morgan fingerprint density at radius 2 is 1.64 bits per heavy atom. The highest BCUT2D eigenvalue weighted by Crippen LogP contribution is 2.30. The van der Waals surface area contributed by atoms with E-state index in [0.717, 1.165) is 50.0 Å². The largest absolute Gasteiger partial charge is 0.445 e. The standard InChI is InChI=1S/C54H62N14O8/c1-33(2)48(65-45(69)12-5-4-6-25-67-46(70)21-22-47(67)71)52(73)62-42(11-8-24-56-53(55)74)51(72)61-39-17-13-35(14-18-39)31-76-54(75)66-26-23-36-15-19-40(27-38(36)29-66)57-28-43-63-49(37-16-20-44-58-32-59-68(44)30-37)50(64-43)41-10-7-9-34(3)60-41/h7,9-10,13-22,27,30,32-33,42,48,57H,4-6,8,11-12,23-26,28-29,31H2,1-3H3,(H,61,72)(H,62,73)(H,63,64)(H,65,69)(H3,55,56,74)/t42-,48-/m0/s1. The molecule has 0 aliphatic carbocycles. The van der Waals surface area contributed by atoms with E-state index >= 15 is 0 Å². The molecule has 0 saturated heterocycles. The number of carbonyl (C=O) groups excluding carboxylic acids is 7. The van der Waals surface area contributed by atoms with Gasteiger partial charge in [-0.3, -0.25) is 33.9 Å². The van der Waals surface area contributed by atoms with Crippen LogP contribution < -0.4 is 32.3 Å². The number of aromatic amines is 1. The fraction of sp³-hybridized carbons (Fsp3) is 0.352. The van der Waals surface area contributed by atoms with Crippen LogP contribution in [0.3, 0.4) is 0 Å². The van der Waals surface area contributed by atoms with Crippen LogP contribution in [-0.2, 0) is 54.8 Å². The lowest BCUT2D eigenvalue weighted by atomic mass is 9.99. The van der Waals surface area contributed by atoms with Crippen molar-refractivity contribution in [2.75, 3.05) is 30.3 Å². The quantitative estimate of drug-likeness (QED) is 0.0317. The highest BCUT2D eigenvalue weighted by atomic mass is 16.6. The summed E-state index contributed by atoms with van der Waals surface area (Å²) in [7, 11) is 0. The van der Waals surface area contributed by atoms with Crippen LogP contribution in [0.15, 0.2) is 97.5 Å². The van der Waals surface area contributed by atoms with Crippen molar-refractivity contribution in [1.29, 1.82) is 0 Å². The van der Waals surface area contributed by atoms with E-state index in [9.17, 15) is 33.6 Å². The molecule has 76 heavy (non-hydrogen) atoms. The molecule has 6 aromatic rings. The van der Waals surface area contributed by atoms with Gasteiger partial charge in [-0.1, -0.05) is 44.5 Å². The van der Waals surface area contributed by atoms with Crippen LogP contribution in [0.2, 0.25) is 0 Å². The molecule has 2 atom stereocenters. The number of fused-ring (bicyclic) bond motifs is 2. The molecular formula is C54H62N14O8. The molecule has 0 saturated carbocycles. The van der Waals surface area contributed by atoms with Gasteiger partial charge in [0.1, 0.15) is 36.5 Å². The monoisotopic (exact) mass is 1030 g/mol. The molecule has 6 heterocycles. The molecule has 396 valence electrons. The van der Waals surface area contributed by atoms with Crippen LogP contribution in [0.25, 0.3) is 28.3 Å². The van der Waals surface area contributed by atoms with Crippen molar-refractivity contribution in [1.82, 2.24) is 55.3 Å². The van der Waals surface area contributed by atoms with Gasteiger partial charge in [-0.15, -0.1) is 0 Å². The lowest BCUT2D eigenvalue weighted by Crippen LogP contribution is -2.54. The van der Waals surface area contributed by atoms with Crippen LogP contribution in [0.5, 0.6) is 0 Å². The Morgan fingerprint density at radius 3 is 2.41 bits per heavy atom. The van der Waals surface area contributed by atoms with E-state index < -0.39 is 36.0 Å². The summed E-state index contributed by atoms with van der Waals surface area (Å²) in [5, 5.41) is 18.7. The second kappa shape index (κ2) is 24.9. The molecule has 8 N–H and O–H groups in total. The normalized spacial score (nSPS) is 13.8. The first-order valence-electron chi connectivity index (χ1n) is 25.3. The number of ether oxygens (including phenoxy) is 1. The van der Waals surface area contributed by atoms with Crippen LogP contribution in [-0.4, -0.2) is 113 Å². The van der Waals surface area contributed by atoms with E-state index in [1.165, 1.54) is 18.5 Å². The minimum absolute atomic E-state index is 0.0118. The number of nitrogens with one attached hydrogen (secondary N) is 6. The second-order valence-electron chi connectivity index (χ2n) is 19.1. The predicted molar refractivity (Wildman–Crippen MR) is 282 cm³/mol. The maximum Gasteiger partial charge on any atom is 0.410 e. The van der Waals surface area contributed by atoms with Gasteiger partial charge in [-0.2, -0.15) is 5.10 Å². The summed E-state index contributed by atoms with van der Waals surface area (Å²) in [5.41, 5.74) is 14.1. The van der Waals surface area contributed by atoms with Gasteiger partial charge in [0.2, 0.25) is 17.7 Å². The zero-order valence-electron chi connectivity index (χ0n) is 42.6. The van der Waals surface area contributed by atoms with Crippen molar-refractivity contribution >= 4 is 58.7 Å². The number of carbonyl (C=O) groups is 7. The van der Waals surface area contributed by atoms with Gasteiger partial charge in [-0.25, -0.2) is 24.1 Å². The number of hydrogen-bond donors (Lipinski definition) is 7. The third-order valence-electron chi connectivity index (χ3n) is 13.0. The second-order valence-corrected chi connectivity index (χ2v) is 19.1. The van der Waals surface area contributed by atoms with E-state index in [4.69, 9.17) is 20.4 Å². The number of rotatable bonds is 23. The number of benzene rings is 2. The Labute approximate surface area is 438 Å². The zero-order valence-corrected chi connectivity index (χ0v) is 42.6. The van der Waals surface area contributed by atoms with Gasteiger partial charge >= 0.3 is 12.1 Å². The van der Waals surface area contributed by atoms with Crippen molar-refractivity contribution in [3.63, 3.8) is 0 Å². The summed E-state index contributed by atoms with van der Waals surface area (Å²) in [5.74, 6) is -1.75. The maximum absolute atomic E-state index is 13.7. The molecular weight excluding hydrogens is 973 g/mol. The third-order valence-corrected chi connectivity index (χ3v) is 13.0. The smallest absolute Gasteiger partial charge is 0.410 e. The van der Waals surface area contributed by atoms with Gasteiger partial charge in [0.25, 0.3) is 11.8 Å². The Bertz CT molecular complexity index is 3110. The fourth-order valence-electron chi connectivity index (χ4n) is 8.91. The van der Waals surface area contributed by atoms with Gasteiger partial charge in [0.15, 0.2) is 5.65 Å². The van der Waals surface area contributed by atoms with Crippen LogP contribution in [0, 0.1) is 12.8 Å². The van der Waals surface area contributed by atoms with E-state index in [1.54, 1.807) is 47.5 Å². The number of imidazole rings is 1. The van der Waals surface area contributed by atoms with Crippen molar-refractivity contribution in [3.05, 3.63) is 126 Å². The Hall–Kier alpha value is -8.95. The van der Waals surface area contributed by atoms with Crippen molar-refractivity contribution < 1.29 is 38.3 Å². The number of aryl methyl sites for hydroxylation is 1. The number of nitrogens with zero attached hydrogens (tertiary/aromatic N) is 7. The number of aromatic nitrogens is 6. The average Bonchev–Trinajstić information content (AvgIpc) is 4.18. The molecule has 0 unspecified atom stereocenters. The van der Waals surface area contributed by atoms with Crippen LogP contribution in [0.4, 0.5) is 21.0 Å². The summed E-state index contributed by atoms with van der Waals surface area (Å²) < 4.78 is 7.46. The SMILES string of the molecule is Cc1cccc(-c2nc(CNc3ccc4c(c3)CN(C(=O)OCc3ccc(NC(=O)[C@H](CCCNC(N)=O)NC(=O)[C@@H](NC(=O)CCCCCN5C(=O)C=CC5=O)C(C)C)cc3)CC4)[nH]c2-c2ccc3ncnn3c2)n1. The Kier molecular flexibility index (Phi) is 17.4. The molecule has 4 aromatic heterocycles. The molecule has 8 amide bonds. The van der Waals surface area contributed by atoms with E-state index in [2.05, 4.69) is 47.7 Å². The maximum atomic E-state index is 13.7. The van der Waals surface area contributed by atoms with E-state index in [1.807, 2.05) is 55.6 Å². The van der Waals surface area contributed by atoms with Gasteiger partial charge < -0.3 is 46.9 Å². The summed E-state index contributed by atoms with van der Waals surface area (Å²) >= 11 is 0. The third kappa shape index (κ3) is 14.0. The number of imide groups is 1. The summed E-state index contributed by atoms with van der Waals surface area (Å²) in [6.07, 6.45) is 8.24. The lowest BCUT2D eigenvalue weighted by molar-refractivity contribution is -0.137. The summed E-state index contributed by atoms with van der Waals surface area (Å²) in [4.78, 5) is 109. The highest BCUT2D eigenvalue weighted by molar-refractivity contribution is 6.12. The molecule has 8 rings (SSSR count). The van der Waals surface area contributed by atoms with Gasteiger partial charge in [0, 0.05) is 73.6 Å². The zero-order chi connectivity index (χ0) is 53.7. The number of H-pyrrole nitrogens is 1. The van der Waals surface area contributed by atoms with E-state index in [0.29, 0.717) is 74.5 Å².